The van der Waals surface area contributed by atoms with Crippen LogP contribution < -0.4 is 0 Å². The maximum atomic E-state index is 10.2. The molecule has 3 atom stereocenters. The van der Waals surface area contributed by atoms with Crippen molar-refractivity contribution < 1.29 is 5.11 Å². The minimum absolute atomic E-state index is 0.392. The number of hydrogen-bond acceptors (Lipinski definition) is 1. The lowest BCUT2D eigenvalue weighted by Crippen LogP contribution is -2.50. The molecule has 0 bridgehead atoms. The summed E-state index contributed by atoms with van der Waals surface area (Å²) in [4.78, 5) is 0. The van der Waals surface area contributed by atoms with E-state index in [0.717, 1.165) is 18.8 Å². The van der Waals surface area contributed by atoms with E-state index in [0.29, 0.717) is 10.8 Å². The normalized spacial score (nSPS) is 49.8. The van der Waals surface area contributed by atoms with Gasteiger partial charge in [0.2, 0.25) is 0 Å². The van der Waals surface area contributed by atoms with Gasteiger partial charge in [-0.15, -0.1) is 0 Å². The predicted molar refractivity (Wildman–Crippen MR) is 63.7 cm³/mol. The second-order valence-electron chi connectivity index (χ2n) is 7.26. The molecule has 1 nitrogen and oxygen atoms in total. The Hall–Kier alpha value is -0.0400. The maximum Gasteiger partial charge on any atom is 0.0625 e. The highest BCUT2D eigenvalue weighted by Crippen LogP contribution is 2.59. The van der Waals surface area contributed by atoms with Crippen molar-refractivity contribution in [3.05, 3.63) is 0 Å². The minimum atomic E-state index is -0.404. The molecule has 0 unspecified atom stereocenters. The molecule has 2 saturated carbocycles. The van der Waals surface area contributed by atoms with E-state index in [1.165, 1.54) is 25.7 Å². The van der Waals surface area contributed by atoms with Gasteiger partial charge in [-0.1, -0.05) is 27.2 Å². The fourth-order valence-electron chi connectivity index (χ4n) is 4.60. The average molecular weight is 210 g/mol. The number of rotatable bonds is 0. The fourth-order valence-corrected chi connectivity index (χ4v) is 4.60. The third-order valence-corrected chi connectivity index (χ3v) is 5.11. The Kier molecular flexibility index (Phi) is 2.46. The highest BCUT2D eigenvalue weighted by atomic mass is 16.3. The Balaban J connectivity index is 2.24. The number of fused-ring (bicyclic) bond motifs is 1. The summed E-state index contributed by atoms with van der Waals surface area (Å²) in [5.74, 6) is 0.818. The van der Waals surface area contributed by atoms with Gasteiger partial charge in [-0.25, -0.2) is 0 Å². The van der Waals surface area contributed by atoms with E-state index in [1.54, 1.807) is 0 Å². The zero-order chi connectivity index (χ0) is 11.3. The molecule has 2 rings (SSSR count). The molecule has 0 radical (unpaired) electrons. The first kappa shape index (κ1) is 11.4. The van der Waals surface area contributed by atoms with Crippen molar-refractivity contribution in [3.63, 3.8) is 0 Å². The summed E-state index contributed by atoms with van der Waals surface area (Å²) in [6, 6.07) is 0. The number of hydrogen-bond donors (Lipinski definition) is 1. The first-order valence-corrected chi connectivity index (χ1v) is 6.48. The second-order valence-corrected chi connectivity index (χ2v) is 7.26. The lowest BCUT2D eigenvalue weighted by atomic mass is 9.50. The van der Waals surface area contributed by atoms with E-state index in [-0.39, 0.29) is 0 Å². The Morgan fingerprint density at radius 3 is 2.33 bits per heavy atom. The first-order chi connectivity index (χ1) is 6.75. The van der Waals surface area contributed by atoms with Crippen molar-refractivity contribution in [2.24, 2.45) is 16.7 Å². The summed E-state index contributed by atoms with van der Waals surface area (Å²) >= 11 is 0. The SMILES string of the molecule is CC1(C)CCC[C@]2(C)C[C@](C)(O)CC[C@@H]12. The minimum Gasteiger partial charge on any atom is -0.390 e. The molecule has 2 fully saturated rings. The van der Waals surface area contributed by atoms with E-state index >= 15 is 0 Å². The molecule has 1 heteroatoms. The Morgan fingerprint density at radius 2 is 1.67 bits per heavy atom. The summed E-state index contributed by atoms with van der Waals surface area (Å²) in [6.07, 6.45) is 7.25. The molecular weight excluding hydrogens is 184 g/mol. The first-order valence-electron chi connectivity index (χ1n) is 6.48. The van der Waals surface area contributed by atoms with Crippen LogP contribution in [-0.2, 0) is 0 Å². The highest BCUT2D eigenvalue weighted by Gasteiger charge is 2.51. The van der Waals surface area contributed by atoms with E-state index in [9.17, 15) is 5.11 Å². The van der Waals surface area contributed by atoms with Crippen molar-refractivity contribution in [2.75, 3.05) is 0 Å². The summed E-state index contributed by atoms with van der Waals surface area (Å²) in [6.45, 7) is 9.28. The average Bonchev–Trinajstić information content (AvgIpc) is 1.98. The topological polar surface area (TPSA) is 20.2 Å². The van der Waals surface area contributed by atoms with Crippen molar-refractivity contribution in [3.8, 4) is 0 Å². The number of aliphatic hydroxyl groups is 1. The van der Waals surface area contributed by atoms with Crippen LogP contribution in [0.2, 0.25) is 0 Å². The molecule has 1 N–H and O–H groups in total. The lowest BCUT2D eigenvalue weighted by molar-refractivity contribution is -0.114. The summed E-state index contributed by atoms with van der Waals surface area (Å²) in [5, 5.41) is 10.2. The molecule has 0 aromatic rings. The van der Waals surface area contributed by atoms with Gasteiger partial charge in [0, 0.05) is 0 Å². The standard InChI is InChI=1S/C14H26O/c1-12(2)7-5-8-13(3)10-14(4,15)9-6-11(12)13/h11,15H,5-10H2,1-4H3/t11-,13+,14+/m0/s1. The van der Waals surface area contributed by atoms with Crippen LogP contribution in [0, 0.1) is 16.7 Å². The van der Waals surface area contributed by atoms with Crippen LogP contribution in [0.25, 0.3) is 0 Å². The van der Waals surface area contributed by atoms with Gasteiger partial charge in [-0.2, -0.15) is 0 Å². The van der Waals surface area contributed by atoms with Crippen LogP contribution in [0.3, 0.4) is 0 Å². The summed E-state index contributed by atoms with van der Waals surface area (Å²) < 4.78 is 0. The predicted octanol–water partition coefficient (Wildman–Crippen LogP) is 3.75. The molecule has 2 aliphatic carbocycles. The van der Waals surface area contributed by atoms with Crippen molar-refractivity contribution in [1.29, 1.82) is 0 Å². The van der Waals surface area contributed by atoms with Crippen LogP contribution in [-0.4, -0.2) is 10.7 Å². The Labute approximate surface area is 94.3 Å². The Bertz CT molecular complexity index is 254. The third-order valence-electron chi connectivity index (χ3n) is 5.11. The van der Waals surface area contributed by atoms with Gasteiger partial charge >= 0.3 is 0 Å². The third kappa shape index (κ3) is 1.95. The van der Waals surface area contributed by atoms with E-state index in [1.807, 2.05) is 6.92 Å². The van der Waals surface area contributed by atoms with Gasteiger partial charge < -0.3 is 5.11 Å². The second kappa shape index (κ2) is 3.23. The molecule has 0 heterocycles. The molecule has 0 aliphatic heterocycles. The van der Waals surface area contributed by atoms with Crippen LogP contribution in [0.5, 0.6) is 0 Å². The lowest BCUT2D eigenvalue weighted by Gasteiger charge is -2.56. The summed E-state index contributed by atoms with van der Waals surface area (Å²) in [7, 11) is 0. The van der Waals surface area contributed by atoms with Crippen molar-refractivity contribution in [2.45, 2.75) is 71.8 Å². The van der Waals surface area contributed by atoms with Crippen molar-refractivity contribution in [1.82, 2.24) is 0 Å². The van der Waals surface area contributed by atoms with Crippen LogP contribution >= 0.6 is 0 Å². The Morgan fingerprint density at radius 1 is 1.00 bits per heavy atom. The molecule has 0 aromatic carbocycles. The van der Waals surface area contributed by atoms with E-state index < -0.39 is 5.60 Å². The highest BCUT2D eigenvalue weighted by molar-refractivity contribution is 5.02. The van der Waals surface area contributed by atoms with Gasteiger partial charge in [0.1, 0.15) is 0 Å². The van der Waals surface area contributed by atoms with Crippen LogP contribution in [0.4, 0.5) is 0 Å². The molecular formula is C14H26O. The smallest absolute Gasteiger partial charge is 0.0625 e. The van der Waals surface area contributed by atoms with Gasteiger partial charge in [0.15, 0.2) is 0 Å². The monoisotopic (exact) mass is 210 g/mol. The van der Waals surface area contributed by atoms with Gasteiger partial charge in [0.05, 0.1) is 5.60 Å². The van der Waals surface area contributed by atoms with Crippen LogP contribution in [0.15, 0.2) is 0 Å². The maximum absolute atomic E-state index is 10.2. The zero-order valence-electron chi connectivity index (χ0n) is 10.8. The quantitative estimate of drug-likeness (QED) is 0.645. The van der Waals surface area contributed by atoms with Gasteiger partial charge in [-0.3, -0.25) is 0 Å². The van der Waals surface area contributed by atoms with Crippen molar-refractivity contribution >= 4 is 0 Å². The molecule has 0 aromatic heterocycles. The van der Waals surface area contributed by atoms with E-state index in [4.69, 9.17) is 0 Å². The molecule has 2 aliphatic rings. The van der Waals surface area contributed by atoms with Gasteiger partial charge in [0.25, 0.3) is 0 Å². The molecule has 88 valence electrons. The fraction of sp³-hybridized carbons (Fsp3) is 1.00. The van der Waals surface area contributed by atoms with E-state index in [2.05, 4.69) is 20.8 Å². The van der Waals surface area contributed by atoms with Gasteiger partial charge in [-0.05, 0) is 55.8 Å². The summed E-state index contributed by atoms with van der Waals surface area (Å²) in [5.41, 5.74) is 0.478. The molecule has 15 heavy (non-hydrogen) atoms. The zero-order valence-corrected chi connectivity index (χ0v) is 10.8. The largest absolute Gasteiger partial charge is 0.390 e. The molecule has 0 amide bonds. The molecule has 0 saturated heterocycles. The molecule has 0 spiro atoms. The van der Waals surface area contributed by atoms with Crippen LogP contribution in [0.1, 0.15) is 66.2 Å².